The number of nitrogens with two attached hydrogens (primary N) is 3. The molecule has 0 aliphatic heterocycles. The number of nitrogens with zero attached hydrogens (tertiary/aromatic N) is 1. The lowest BCUT2D eigenvalue weighted by Gasteiger charge is -2.18. The molecule has 0 saturated heterocycles. The molecule has 1 aromatic carbocycles. The van der Waals surface area contributed by atoms with E-state index in [1.165, 1.54) is 0 Å². The number of carbonyl (C=O) groups is 2. The number of guanidine groups is 1. The van der Waals surface area contributed by atoms with Crippen LogP contribution in [0.2, 0.25) is 0 Å². The zero-order valence-corrected chi connectivity index (χ0v) is 18.8. The fourth-order valence-corrected chi connectivity index (χ4v) is 2.50. The highest BCUT2D eigenvalue weighted by Crippen LogP contribution is 2.34. The lowest BCUT2D eigenvalue weighted by atomic mass is 9.94. The van der Waals surface area contributed by atoms with Crippen molar-refractivity contribution in [1.82, 2.24) is 0 Å². The van der Waals surface area contributed by atoms with Crippen LogP contribution in [0.1, 0.15) is 63.5 Å². The minimum absolute atomic E-state index is 0. The van der Waals surface area contributed by atoms with Crippen LogP contribution in [0.3, 0.4) is 0 Å². The molecule has 0 radical (unpaired) electrons. The van der Waals surface area contributed by atoms with E-state index in [1.807, 2.05) is 45.9 Å². The first kappa shape index (κ1) is 29.2. The van der Waals surface area contributed by atoms with Gasteiger partial charge in [-0.1, -0.05) is 45.9 Å². The van der Waals surface area contributed by atoms with Crippen LogP contribution in [0.25, 0.3) is 0 Å². The summed E-state index contributed by atoms with van der Waals surface area (Å²) in [5.41, 5.74) is 17.9. The number of ether oxygens (including phenoxy) is 2. The van der Waals surface area contributed by atoms with E-state index in [-0.39, 0.29) is 49.0 Å². The second-order valence-corrected chi connectivity index (χ2v) is 6.90. The number of benzene rings is 1. The Morgan fingerprint density at radius 1 is 1.03 bits per heavy atom. The molecule has 6 N–H and O–H groups in total. The zero-order chi connectivity index (χ0) is 20.6. The Kier molecular flexibility index (Phi) is 14.1. The third-order valence-corrected chi connectivity index (χ3v) is 3.96. The minimum atomic E-state index is -1.09. The summed E-state index contributed by atoms with van der Waals surface area (Å²) in [6.07, 6.45) is -0.325. The molecule has 1 rings (SSSR count). The van der Waals surface area contributed by atoms with Crippen LogP contribution in [0.5, 0.6) is 5.75 Å². The van der Waals surface area contributed by atoms with Crippen molar-refractivity contribution in [2.24, 2.45) is 22.2 Å². The number of aliphatic imine (C=N–C) groups is 1. The van der Waals surface area contributed by atoms with Gasteiger partial charge in [-0.3, -0.25) is 4.99 Å². The van der Waals surface area contributed by atoms with Gasteiger partial charge in [0.1, 0.15) is 11.8 Å². The second-order valence-electron chi connectivity index (χ2n) is 6.90. The van der Waals surface area contributed by atoms with Gasteiger partial charge in [0.2, 0.25) is 0 Å². The Bertz CT molecular complexity index is 667. The molecule has 29 heavy (non-hydrogen) atoms. The molecule has 0 aliphatic rings. The molecule has 1 atom stereocenters. The van der Waals surface area contributed by atoms with Crippen molar-refractivity contribution < 1.29 is 19.1 Å². The summed E-state index contributed by atoms with van der Waals surface area (Å²) in [5, 5.41) is 0. The quantitative estimate of drug-likeness (QED) is 0.138. The van der Waals surface area contributed by atoms with Crippen molar-refractivity contribution in [1.29, 1.82) is 0 Å². The first-order chi connectivity index (χ1) is 12.6. The third-order valence-electron chi connectivity index (χ3n) is 3.96. The molecule has 0 aliphatic carbocycles. The van der Waals surface area contributed by atoms with Gasteiger partial charge in [0, 0.05) is 6.54 Å². The molecule has 1 aromatic rings. The van der Waals surface area contributed by atoms with Crippen LogP contribution >= 0.6 is 24.8 Å². The van der Waals surface area contributed by atoms with E-state index in [9.17, 15) is 9.59 Å². The smallest absolute Gasteiger partial charge is 0.394 e. The molecule has 8 nitrogen and oxygen atoms in total. The van der Waals surface area contributed by atoms with Crippen molar-refractivity contribution in [2.45, 2.75) is 58.4 Å². The molecule has 0 heterocycles. The van der Waals surface area contributed by atoms with Crippen molar-refractivity contribution in [3.05, 3.63) is 29.3 Å². The monoisotopic (exact) mass is 450 g/mol. The molecule has 0 bridgehead atoms. The van der Waals surface area contributed by atoms with Gasteiger partial charge >= 0.3 is 12.1 Å². The zero-order valence-electron chi connectivity index (χ0n) is 17.2. The van der Waals surface area contributed by atoms with E-state index < -0.39 is 18.2 Å². The van der Waals surface area contributed by atoms with E-state index in [2.05, 4.69) is 4.99 Å². The standard InChI is InChI=1S/C19H30N4O4.2ClH/c1-11(2)13-7-5-8-14(12(3)4)16(13)26-19(25)27-17(24)15(20)9-6-10-23-18(21)22;;/h5,7-8,11-12,15H,6,9-10,20H2,1-4H3,(H4,21,22,23);2*1H/t15-;;/m0../s1. The molecular weight excluding hydrogens is 419 g/mol. The molecule has 0 amide bonds. The maximum atomic E-state index is 12.1. The topological polar surface area (TPSA) is 143 Å². The van der Waals surface area contributed by atoms with Crippen LogP contribution in [-0.4, -0.2) is 30.7 Å². The number of rotatable bonds is 8. The third kappa shape index (κ3) is 9.83. The number of para-hydroxylation sites is 1. The first-order valence-corrected chi connectivity index (χ1v) is 9.00. The van der Waals surface area contributed by atoms with E-state index >= 15 is 0 Å². The number of halogens is 2. The SMILES string of the molecule is CC(C)c1cccc(C(C)C)c1OC(=O)OC(=O)[C@@H](N)CCCN=C(N)N.Cl.Cl. The Hall–Kier alpha value is -2.03. The molecule has 0 aromatic heterocycles. The average molecular weight is 451 g/mol. The van der Waals surface area contributed by atoms with Crippen LogP contribution in [0.4, 0.5) is 4.79 Å². The van der Waals surface area contributed by atoms with Crippen LogP contribution in [0, 0.1) is 0 Å². The summed E-state index contributed by atoms with van der Waals surface area (Å²) in [6.45, 7) is 8.32. The Morgan fingerprint density at radius 3 is 2.00 bits per heavy atom. The molecule has 0 saturated carbocycles. The first-order valence-electron chi connectivity index (χ1n) is 9.00. The highest BCUT2D eigenvalue weighted by atomic mass is 35.5. The van der Waals surface area contributed by atoms with E-state index in [1.54, 1.807) is 0 Å². The Morgan fingerprint density at radius 2 is 1.55 bits per heavy atom. The van der Waals surface area contributed by atoms with Gasteiger partial charge in [0.15, 0.2) is 5.96 Å². The average Bonchev–Trinajstić information content (AvgIpc) is 2.57. The van der Waals surface area contributed by atoms with Gasteiger partial charge in [-0.05, 0) is 35.8 Å². The van der Waals surface area contributed by atoms with Crippen LogP contribution in [0.15, 0.2) is 23.2 Å². The summed E-state index contributed by atoms with van der Waals surface area (Å²) in [7, 11) is 0. The van der Waals surface area contributed by atoms with Crippen molar-refractivity contribution in [2.75, 3.05) is 6.54 Å². The van der Waals surface area contributed by atoms with E-state index in [4.69, 9.17) is 26.7 Å². The number of hydrogen-bond acceptors (Lipinski definition) is 6. The lowest BCUT2D eigenvalue weighted by molar-refractivity contribution is -0.140. The summed E-state index contributed by atoms with van der Waals surface area (Å²) >= 11 is 0. The number of esters is 1. The largest absolute Gasteiger partial charge is 0.521 e. The van der Waals surface area contributed by atoms with Gasteiger partial charge in [-0.2, -0.15) is 0 Å². The van der Waals surface area contributed by atoms with E-state index in [0.29, 0.717) is 18.7 Å². The minimum Gasteiger partial charge on any atom is -0.394 e. The Balaban J connectivity index is 0. The maximum Gasteiger partial charge on any atom is 0.521 e. The van der Waals surface area contributed by atoms with Crippen molar-refractivity contribution >= 4 is 42.9 Å². The van der Waals surface area contributed by atoms with Gasteiger partial charge in [-0.15, -0.1) is 24.8 Å². The highest BCUT2D eigenvalue weighted by molar-refractivity contribution is 5.86. The molecule has 10 heteroatoms. The molecule has 0 spiro atoms. The summed E-state index contributed by atoms with van der Waals surface area (Å²) < 4.78 is 10.1. The molecule has 166 valence electrons. The van der Waals surface area contributed by atoms with Crippen molar-refractivity contribution in [3.63, 3.8) is 0 Å². The molecular formula is C19H32Cl2N4O4. The van der Waals surface area contributed by atoms with Crippen LogP contribution in [-0.2, 0) is 9.53 Å². The molecule has 0 fully saturated rings. The lowest BCUT2D eigenvalue weighted by Crippen LogP contribution is -2.34. The van der Waals surface area contributed by atoms with Crippen LogP contribution < -0.4 is 21.9 Å². The van der Waals surface area contributed by atoms with Crippen molar-refractivity contribution in [3.8, 4) is 5.75 Å². The normalized spacial score (nSPS) is 11.1. The summed E-state index contributed by atoms with van der Waals surface area (Å²) in [4.78, 5) is 27.9. The maximum absolute atomic E-state index is 12.1. The van der Waals surface area contributed by atoms with E-state index in [0.717, 1.165) is 11.1 Å². The number of hydrogen-bond donors (Lipinski definition) is 3. The second kappa shape index (κ2) is 14.0. The molecule has 0 unspecified atom stereocenters. The Labute approximate surface area is 184 Å². The van der Waals surface area contributed by atoms with Gasteiger partial charge < -0.3 is 26.7 Å². The van der Waals surface area contributed by atoms with Gasteiger partial charge in [-0.25, -0.2) is 9.59 Å². The van der Waals surface area contributed by atoms with Gasteiger partial charge in [0.25, 0.3) is 0 Å². The predicted molar refractivity (Wildman–Crippen MR) is 119 cm³/mol. The fraction of sp³-hybridized carbons (Fsp3) is 0.526. The highest BCUT2D eigenvalue weighted by Gasteiger charge is 2.23. The summed E-state index contributed by atoms with van der Waals surface area (Å²) in [5.74, 6) is -0.168. The predicted octanol–water partition coefficient (Wildman–Crippen LogP) is 3.20. The van der Waals surface area contributed by atoms with Gasteiger partial charge in [0.05, 0.1) is 0 Å². The fourth-order valence-electron chi connectivity index (χ4n) is 2.50. The summed E-state index contributed by atoms with van der Waals surface area (Å²) in [6, 6.07) is 4.73. The number of carbonyl (C=O) groups excluding carboxylic acids is 2.